The molecule has 0 spiro atoms. The summed E-state index contributed by atoms with van der Waals surface area (Å²) in [5.74, 6) is 0.261. The zero-order valence-corrected chi connectivity index (χ0v) is 21.3. The van der Waals surface area contributed by atoms with Crippen LogP contribution in [0.2, 0.25) is 0 Å². The first-order valence-corrected chi connectivity index (χ1v) is 13.0. The van der Waals surface area contributed by atoms with E-state index in [0.29, 0.717) is 18.3 Å². The van der Waals surface area contributed by atoms with Crippen molar-refractivity contribution in [1.29, 1.82) is 0 Å². The minimum absolute atomic E-state index is 0.0322. The molecule has 0 unspecified atom stereocenters. The Balaban J connectivity index is 1.64. The first-order valence-electron chi connectivity index (χ1n) is 13.0. The highest BCUT2D eigenvalue weighted by Gasteiger charge is 2.54. The van der Waals surface area contributed by atoms with Gasteiger partial charge in [0.05, 0.1) is 18.8 Å². The predicted molar refractivity (Wildman–Crippen MR) is 130 cm³/mol. The second-order valence-electron chi connectivity index (χ2n) is 11.5. The normalized spacial score (nSPS) is 43.1. The summed E-state index contributed by atoms with van der Waals surface area (Å²) in [6.07, 6.45) is 7.34. The van der Waals surface area contributed by atoms with Crippen LogP contribution in [0.25, 0.3) is 0 Å². The lowest BCUT2D eigenvalue weighted by molar-refractivity contribution is -0.215. The zero-order chi connectivity index (χ0) is 24.8. The second kappa shape index (κ2) is 9.75. The van der Waals surface area contributed by atoms with E-state index >= 15 is 0 Å². The van der Waals surface area contributed by atoms with Crippen molar-refractivity contribution in [1.82, 2.24) is 5.32 Å². The molecule has 4 aliphatic rings. The highest BCUT2D eigenvalue weighted by Crippen LogP contribution is 2.58. The van der Waals surface area contributed by atoms with Gasteiger partial charge in [-0.3, -0.25) is 9.59 Å². The van der Waals surface area contributed by atoms with E-state index in [2.05, 4.69) is 32.2 Å². The van der Waals surface area contributed by atoms with Crippen LogP contribution in [0.15, 0.2) is 23.0 Å². The highest BCUT2D eigenvalue weighted by atomic mass is 16.7. The molecule has 0 radical (unpaired) electrons. The minimum Gasteiger partial charge on any atom is -0.511 e. The first kappa shape index (κ1) is 25.4. The Labute approximate surface area is 203 Å². The lowest BCUT2D eigenvalue weighted by Gasteiger charge is -2.53. The van der Waals surface area contributed by atoms with Gasteiger partial charge in [0.1, 0.15) is 11.3 Å². The lowest BCUT2D eigenvalue weighted by Crippen LogP contribution is -2.48. The molecule has 2 saturated heterocycles. The monoisotopic (exact) mass is 474 g/mol. The Morgan fingerprint density at radius 2 is 2.03 bits per heavy atom. The van der Waals surface area contributed by atoms with Gasteiger partial charge in [-0.05, 0) is 76.5 Å². The predicted octanol–water partition coefficient (Wildman–Crippen LogP) is 3.78. The molecule has 0 aromatic heterocycles. The molecule has 3 fully saturated rings. The van der Waals surface area contributed by atoms with Crippen molar-refractivity contribution in [2.24, 2.45) is 34.8 Å². The molecule has 7 nitrogen and oxygen atoms in total. The van der Waals surface area contributed by atoms with Crippen LogP contribution in [-0.2, 0) is 19.1 Å². The Morgan fingerprint density at radius 1 is 1.29 bits per heavy atom. The van der Waals surface area contributed by atoms with Crippen molar-refractivity contribution < 1.29 is 24.2 Å². The first-order chi connectivity index (χ1) is 16.0. The van der Waals surface area contributed by atoms with Crippen LogP contribution >= 0.6 is 0 Å². The van der Waals surface area contributed by atoms with Gasteiger partial charge in [0, 0.05) is 11.5 Å². The van der Waals surface area contributed by atoms with Crippen molar-refractivity contribution >= 4 is 11.7 Å². The minimum atomic E-state index is -0.711. The van der Waals surface area contributed by atoms with Gasteiger partial charge in [0.15, 0.2) is 12.1 Å². The Bertz CT molecular complexity index is 864. The maximum absolute atomic E-state index is 12.6. The van der Waals surface area contributed by atoms with Gasteiger partial charge in [-0.1, -0.05) is 31.9 Å². The smallest absolute Gasteiger partial charge is 0.258 e. The Hall–Kier alpha value is -1.70. The standard InChI is InChI=1S/C27H42N2O5/c1-14-6-7-19-18(10-14)11-15(2)20(12-16(3)33-23-9-8-21(28)17(4)34-23)27(19,5)25(31)24-22(30)13-29-26(24)32/h11,14,16-21,23,31H,6-10,12-13,28H2,1-5H3,(H,29,32)/b25-24-/t14-,16+,17+,18-,19+,20-,21-,23+,27-/m0/s1. The molecule has 190 valence electrons. The fourth-order valence-electron chi connectivity index (χ4n) is 7.00. The van der Waals surface area contributed by atoms with Crippen molar-refractivity contribution in [3.8, 4) is 0 Å². The number of ketones is 1. The molecule has 34 heavy (non-hydrogen) atoms. The molecular weight excluding hydrogens is 432 g/mol. The van der Waals surface area contributed by atoms with E-state index in [1.165, 1.54) is 5.57 Å². The van der Waals surface area contributed by atoms with E-state index in [9.17, 15) is 14.7 Å². The summed E-state index contributed by atoms with van der Waals surface area (Å²) in [4.78, 5) is 25.1. The lowest BCUT2D eigenvalue weighted by atomic mass is 9.51. The van der Waals surface area contributed by atoms with Crippen LogP contribution in [0.5, 0.6) is 0 Å². The largest absolute Gasteiger partial charge is 0.511 e. The number of nitrogens with two attached hydrogens (primary N) is 1. The molecule has 4 N–H and O–H groups in total. The number of carbonyl (C=O) groups excluding carboxylic acids is 2. The van der Waals surface area contributed by atoms with Crippen molar-refractivity contribution in [2.45, 2.75) is 97.7 Å². The summed E-state index contributed by atoms with van der Waals surface area (Å²) >= 11 is 0. The van der Waals surface area contributed by atoms with E-state index in [4.69, 9.17) is 15.2 Å². The van der Waals surface area contributed by atoms with Crippen LogP contribution in [0.4, 0.5) is 0 Å². The summed E-state index contributed by atoms with van der Waals surface area (Å²) in [6, 6.07) is 0.0336. The van der Waals surface area contributed by atoms with Crippen molar-refractivity contribution in [2.75, 3.05) is 6.54 Å². The van der Waals surface area contributed by atoms with Crippen LogP contribution < -0.4 is 11.1 Å². The van der Waals surface area contributed by atoms with Crippen molar-refractivity contribution in [3.63, 3.8) is 0 Å². The van der Waals surface area contributed by atoms with Gasteiger partial charge in [-0.2, -0.15) is 0 Å². The average molecular weight is 475 g/mol. The number of aliphatic hydroxyl groups excluding tert-OH is 1. The van der Waals surface area contributed by atoms with E-state index in [1.807, 2.05) is 13.8 Å². The van der Waals surface area contributed by atoms with Crippen LogP contribution in [0, 0.1) is 29.1 Å². The number of aliphatic hydroxyl groups is 1. The fraction of sp³-hybridized carbons (Fsp3) is 0.778. The molecule has 2 heterocycles. The SMILES string of the molecule is CC1=C[C@@H]2C[C@@H](C)CC[C@H]2[C@](C)(/C(O)=C2\C(=O)CNC2=O)[C@H]1C[C@@H](C)O[C@H]1CC[C@H](N)[C@@H](C)O1. The quantitative estimate of drug-likeness (QED) is 0.242. The molecule has 0 bridgehead atoms. The molecule has 9 atom stereocenters. The number of rotatable bonds is 5. The summed E-state index contributed by atoms with van der Waals surface area (Å²) in [5, 5.41) is 14.2. The highest BCUT2D eigenvalue weighted by molar-refractivity contribution is 6.25. The Morgan fingerprint density at radius 3 is 2.68 bits per heavy atom. The van der Waals surface area contributed by atoms with Crippen LogP contribution in [0.3, 0.4) is 0 Å². The number of amides is 1. The van der Waals surface area contributed by atoms with Gasteiger partial charge in [0.25, 0.3) is 5.91 Å². The second-order valence-corrected chi connectivity index (χ2v) is 11.5. The maximum Gasteiger partial charge on any atom is 0.258 e. The number of allylic oxidation sites excluding steroid dienone is 3. The number of hydrogen-bond donors (Lipinski definition) is 3. The number of carbonyl (C=O) groups is 2. The van der Waals surface area contributed by atoms with Crippen molar-refractivity contribution in [3.05, 3.63) is 23.0 Å². The number of fused-ring (bicyclic) bond motifs is 1. The maximum atomic E-state index is 12.6. The van der Waals surface area contributed by atoms with E-state index in [1.54, 1.807) is 0 Å². The van der Waals surface area contributed by atoms with Gasteiger partial charge in [-0.25, -0.2) is 0 Å². The molecular formula is C27H42N2O5. The molecule has 4 rings (SSSR count). The summed E-state index contributed by atoms with van der Waals surface area (Å²) in [6.45, 7) is 10.4. The number of Topliss-reactive ketones (excluding diaryl/α,β-unsaturated/α-hetero) is 1. The molecule has 2 aliphatic heterocycles. The molecule has 2 aliphatic carbocycles. The van der Waals surface area contributed by atoms with Gasteiger partial charge < -0.3 is 25.6 Å². The molecule has 1 amide bonds. The molecule has 0 aromatic carbocycles. The van der Waals surface area contributed by atoms with E-state index < -0.39 is 11.3 Å². The van der Waals surface area contributed by atoms with E-state index in [0.717, 1.165) is 32.1 Å². The third-order valence-corrected chi connectivity index (χ3v) is 9.00. The van der Waals surface area contributed by atoms with Gasteiger partial charge in [-0.15, -0.1) is 0 Å². The van der Waals surface area contributed by atoms with Gasteiger partial charge in [0.2, 0.25) is 0 Å². The molecule has 1 saturated carbocycles. The fourth-order valence-corrected chi connectivity index (χ4v) is 7.00. The summed E-state index contributed by atoms with van der Waals surface area (Å²) < 4.78 is 12.3. The number of hydrogen-bond acceptors (Lipinski definition) is 6. The topological polar surface area (TPSA) is 111 Å². The molecule has 0 aromatic rings. The molecule has 7 heteroatoms. The third-order valence-electron chi connectivity index (χ3n) is 9.00. The summed E-state index contributed by atoms with van der Waals surface area (Å²) in [7, 11) is 0. The third kappa shape index (κ3) is 4.59. The average Bonchev–Trinajstić information content (AvgIpc) is 3.10. The summed E-state index contributed by atoms with van der Waals surface area (Å²) in [5.41, 5.74) is 6.52. The van der Waals surface area contributed by atoms with Crippen LogP contribution in [0.1, 0.15) is 73.1 Å². The number of nitrogens with one attached hydrogen (secondary N) is 1. The van der Waals surface area contributed by atoms with E-state index in [-0.39, 0.29) is 60.0 Å². The van der Waals surface area contributed by atoms with Crippen LogP contribution in [-0.4, -0.2) is 47.9 Å². The number of ether oxygens (including phenoxy) is 2. The van der Waals surface area contributed by atoms with Gasteiger partial charge >= 0.3 is 0 Å². The zero-order valence-electron chi connectivity index (χ0n) is 21.3. The Kier molecular flexibility index (Phi) is 7.28.